The maximum Gasteiger partial charge on any atom is 0.193 e. The average Bonchev–Trinajstić information content (AvgIpc) is 2.42. The van der Waals surface area contributed by atoms with Gasteiger partial charge in [-0.1, -0.05) is 25.1 Å². The highest BCUT2D eigenvalue weighted by molar-refractivity contribution is 5.92. The second-order valence-electron chi connectivity index (χ2n) is 5.60. The molecule has 19 heavy (non-hydrogen) atoms. The van der Waals surface area contributed by atoms with Gasteiger partial charge in [0.05, 0.1) is 12.1 Å². The first-order valence-corrected chi connectivity index (χ1v) is 6.92. The van der Waals surface area contributed by atoms with Crippen LogP contribution < -0.4 is 11.1 Å². The molecule has 0 unspecified atom stereocenters. The zero-order valence-corrected chi connectivity index (χ0v) is 11.5. The Bertz CT molecular complexity index is 422. The normalized spacial score (nSPS) is 28.1. The van der Waals surface area contributed by atoms with Gasteiger partial charge in [-0.3, -0.25) is 4.99 Å². The molecule has 1 aromatic rings. The van der Waals surface area contributed by atoms with Gasteiger partial charge in [-0.25, -0.2) is 0 Å². The standard InChI is InChI=1S/C15H23N3O/c1-12-7-9-15(19,10-8-12)11-17-14(16)18-13-5-3-2-4-6-13/h2-6,12,19H,7-11H2,1H3,(H3,16,17,18). The van der Waals surface area contributed by atoms with Crippen molar-refractivity contribution in [3.63, 3.8) is 0 Å². The molecule has 4 heteroatoms. The summed E-state index contributed by atoms with van der Waals surface area (Å²) in [5.41, 5.74) is 6.08. The number of rotatable bonds is 3. The van der Waals surface area contributed by atoms with Gasteiger partial charge < -0.3 is 16.2 Å². The maximum atomic E-state index is 10.4. The second-order valence-corrected chi connectivity index (χ2v) is 5.60. The molecule has 1 aliphatic rings. The summed E-state index contributed by atoms with van der Waals surface area (Å²) in [6.07, 6.45) is 3.77. The van der Waals surface area contributed by atoms with E-state index in [1.165, 1.54) is 0 Å². The van der Waals surface area contributed by atoms with E-state index >= 15 is 0 Å². The zero-order chi connectivity index (χ0) is 13.7. The summed E-state index contributed by atoms with van der Waals surface area (Å²) >= 11 is 0. The fourth-order valence-corrected chi connectivity index (χ4v) is 2.40. The Hall–Kier alpha value is -1.55. The van der Waals surface area contributed by atoms with E-state index in [1.807, 2.05) is 30.3 Å². The van der Waals surface area contributed by atoms with Crippen LogP contribution >= 0.6 is 0 Å². The minimum atomic E-state index is -0.671. The lowest BCUT2D eigenvalue weighted by Gasteiger charge is -2.33. The van der Waals surface area contributed by atoms with Crippen molar-refractivity contribution in [1.29, 1.82) is 0 Å². The zero-order valence-electron chi connectivity index (χ0n) is 11.5. The molecule has 104 valence electrons. The fourth-order valence-electron chi connectivity index (χ4n) is 2.40. The first kappa shape index (κ1) is 13.9. The molecule has 2 rings (SSSR count). The minimum absolute atomic E-state index is 0.359. The van der Waals surface area contributed by atoms with Gasteiger partial charge in [0.15, 0.2) is 5.96 Å². The molecule has 4 N–H and O–H groups in total. The van der Waals surface area contributed by atoms with Gasteiger partial charge in [0.2, 0.25) is 0 Å². The van der Waals surface area contributed by atoms with E-state index in [1.54, 1.807) is 0 Å². The van der Waals surface area contributed by atoms with Crippen LogP contribution in [0.1, 0.15) is 32.6 Å². The van der Waals surface area contributed by atoms with Crippen molar-refractivity contribution in [1.82, 2.24) is 0 Å². The van der Waals surface area contributed by atoms with Crippen LogP contribution in [0.5, 0.6) is 0 Å². The molecule has 0 spiro atoms. The van der Waals surface area contributed by atoms with E-state index < -0.39 is 5.60 Å². The summed E-state index contributed by atoms with van der Waals surface area (Å²) in [7, 11) is 0. The van der Waals surface area contributed by atoms with Gasteiger partial charge in [-0.15, -0.1) is 0 Å². The average molecular weight is 261 g/mol. The highest BCUT2D eigenvalue weighted by Crippen LogP contribution is 2.31. The van der Waals surface area contributed by atoms with Crippen LogP contribution in [0.4, 0.5) is 5.69 Å². The van der Waals surface area contributed by atoms with Crippen molar-refractivity contribution < 1.29 is 5.11 Å². The molecule has 1 fully saturated rings. The lowest BCUT2D eigenvalue weighted by molar-refractivity contribution is 0.00174. The summed E-state index contributed by atoms with van der Waals surface area (Å²) < 4.78 is 0. The van der Waals surface area contributed by atoms with E-state index in [4.69, 9.17) is 5.73 Å². The monoisotopic (exact) mass is 261 g/mol. The molecular weight excluding hydrogens is 238 g/mol. The lowest BCUT2D eigenvalue weighted by atomic mass is 9.80. The van der Waals surface area contributed by atoms with E-state index in [-0.39, 0.29) is 0 Å². The molecule has 0 amide bonds. The number of aliphatic imine (C=N–C) groups is 1. The number of benzene rings is 1. The first-order chi connectivity index (χ1) is 9.07. The highest BCUT2D eigenvalue weighted by atomic mass is 16.3. The SMILES string of the molecule is CC1CCC(O)(CN=C(N)Nc2ccccc2)CC1. The fraction of sp³-hybridized carbons (Fsp3) is 0.533. The van der Waals surface area contributed by atoms with E-state index in [0.29, 0.717) is 18.4 Å². The molecule has 4 nitrogen and oxygen atoms in total. The van der Waals surface area contributed by atoms with Crippen molar-refractivity contribution in [3.8, 4) is 0 Å². The smallest absolute Gasteiger partial charge is 0.193 e. The van der Waals surface area contributed by atoms with Gasteiger partial charge in [-0.05, 0) is 43.7 Å². The van der Waals surface area contributed by atoms with Crippen LogP contribution in [0.3, 0.4) is 0 Å². The van der Waals surface area contributed by atoms with Crippen molar-refractivity contribution >= 4 is 11.6 Å². The van der Waals surface area contributed by atoms with Crippen LogP contribution in [-0.2, 0) is 0 Å². The predicted molar refractivity (Wildman–Crippen MR) is 79.1 cm³/mol. The number of nitrogens with zero attached hydrogens (tertiary/aromatic N) is 1. The third-order valence-electron chi connectivity index (χ3n) is 3.79. The van der Waals surface area contributed by atoms with Crippen molar-refractivity contribution in [2.24, 2.45) is 16.6 Å². The number of nitrogens with one attached hydrogen (secondary N) is 1. The third-order valence-corrected chi connectivity index (χ3v) is 3.79. The molecule has 1 aromatic carbocycles. The molecule has 1 saturated carbocycles. The molecule has 0 saturated heterocycles. The summed E-state index contributed by atoms with van der Waals surface area (Å²) in [5.74, 6) is 1.07. The molecule has 1 aliphatic carbocycles. The summed E-state index contributed by atoms with van der Waals surface area (Å²) in [4.78, 5) is 4.27. The van der Waals surface area contributed by atoms with Crippen molar-refractivity contribution in [2.75, 3.05) is 11.9 Å². The Morgan fingerprint density at radius 3 is 2.63 bits per heavy atom. The predicted octanol–water partition coefficient (Wildman–Crippen LogP) is 2.35. The Morgan fingerprint density at radius 1 is 1.37 bits per heavy atom. The maximum absolute atomic E-state index is 10.4. The summed E-state index contributed by atoms with van der Waals surface area (Å²) in [5, 5.41) is 13.4. The van der Waals surface area contributed by atoms with Gasteiger partial charge in [0.25, 0.3) is 0 Å². The van der Waals surface area contributed by atoms with Gasteiger partial charge >= 0.3 is 0 Å². The van der Waals surface area contributed by atoms with E-state index in [0.717, 1.165) is 31.4 Å². The second kappa shape index (κ2) is 6.06. The Labute approximate surface area is 114 Å². The molecule has 0 radical (unpaired) electrons. The van der Waals surface area contributed by atoms with Crippen LogP contribution in [0, 0.1) is 5.92 Å². The molecule has 0 aliphatic heterocycles. The number of nitrogens with two attached hydrogens (primary N) is 1. The molecular formula is C15H23N3O. The number of hydrogen-bond donors (Lipinski definition) is 3. The number of hydrogen-bond acceptors (Lipinski definition) is 2. The van der Waals surface area contributed by atoms with Crippen LogP contribution in [-0.4, -0.2) is 23.2 Å². The highest BCUT2D eigenvalue weighted by Gasteiger charge is 2.31. The Kier molecular flexibility index (Phi) is 4.43. The van der Waals surface area contributed by atoms with Gasteiger partial charge in [0.1, 0.15) is 0 Å². The number of aliphatic hydroxyl groups is 1. The Balaban J connectivity index is 1.87. The summed E-state index contributed by atoms with van der Waals surface area (Å²) in [6, 6.07) is 9.68. The Morgan fingerprint density at radius 2 is 2.00 bits per heavy atom. The van der Waals surface area contributed by atoms with Crippen molar-refractivity contribution in [3.05, 3.63) is 30.3 Å². The van der Waals surface area contributed by atoms with Crippen LogP contribution in [0.25, 0.3) is 0 Å². The molecule has 0 atom stereocenters. The molecule has 0 bridgehead atoms. The number of guanidine groups is 1. The number of para-hydroxylation sites is 1. The quantitative estimate of drug-likeness (QED) is 0.578. The van der Waals surface area contributed by atoms with E-state index in [2.05, 4.69) is 17.2 Å². The van der Waals surface area contributed by atoms with Gasteiger partial charge in [0, 0.05) is 5.69 Å². The number of anilines is 1. The molecule has 0 aromatic heterocycles. The summed E-state index contributed by atoms with van der Waals surface area (Å²) in [6.45, 7) is 2.61. The third kappa shape index (κ3) is 4.24. The topological polar surface area (TPSA) is 70.6 Å². The van der Waals surface area contributed by atoms with E-state index in [9.17, 15) is 5.11 Å². The van der Waals surface area contributed by atoms with Crippen LogP contribution in [0.15, 0.2) is 35.3 Å². The van der Waals surface area contributed by atoms with Crippen LogP contribution in [0.2, 0.25) is 0 Å². The van der Waals surface area contributed by atoms with Crippen molar-refractivity contribution in [2.45, 2.75) is 38.2 Å². The largest absolute Gasteiger partial charge is 0.388 e. The van der Waals surface area contributed by atoms with Gasteiger partial charge in [-0.2, -0.15) is 0 Å². The lowest BCUT2D eigenvalue weighted by Crippen LogP contribution is -2.38. The molecule has 0 heterocycles. The first-order valence-electron chi connectivity index (χ1n) is 6.92. The minimum Gasteiger partial charge on any atom is -0.388 e.